The summed E-state index contributed by atoms with van der Waals surface area (Å²) in [5.74, 6) is -0.374. The van der Waals surface area contributed by atoms with E-state index < -0.39 is 0 Å². The van der Waals surface area contributed by atoms with Gasteiger partial charge >= 0.3 is 5.97 Å². The van der Waals surface area contributed by atoms with E-state index in [1.807, 2.05) is 0 Å². The maximum absolute atomic E-state index is 10.3. The van der Waals surface area contributed by atoms with Gasteiger partial charge in [-0.15, -0.1) is 0 Å². The lowest BCUT2D eigenvalue weighted by Crippen LogP contribution is -2.07. The first-order valence-electron chi connectivity index (χ1n) is 2.81. The molecule has 0 unspecified atom stereocenters. The Balaban J connectivity index is 2.58. The normalized spacial score (nSPS) is 9.55. The van der Waals surface area contributed by atoms with Gasteiger partial charge in [0.2, 0.25) is 4.77 Å². The van der Waals surface area contributed by atoms with Crippen LogP contribution in [0, 0.1) is 4.77 Å². The number of hydrogen-bond acceptors (Lipinski definition) is 5. The Bertz CT molecular complexity index is 303. The van der Waals surface area contributed by atoms with Crippen molar-refractivity contribution in [1.29, 1.82) is 0 Å². The Morgan fingerprint density at radius 2 is 2.64 bits per heavy atom. The van der Waals surface area contributed by atoms with Gasteiger partial charge in [0.25, 0.3) is 0 Å². The second-order valence-electron chi connectivity index (χ2n) is 1.78. The molecule has 1 N–H and O–H groups in total. The molecule has 1 aromatic rings. The van der Waals surface area contributed by atoms with Gasteiger partial charge in [0.05, 0.1) is 0 Å². The van der Waals surface area contributed by atoms with E-state index in [0.717, 1.165) is 0 Å². The van der Waals surface area contributed by atoms with Gasteiger partial charge in [0.15, 0.2) is 6.73 Å². The molecule has 0 aromatic carbocycles. The van der Waals surface area contributed by atoms with E-state index in [2.05, 4.69) is 20.3 Å². The summed E-state index contributed by atoms with van der Waals surface area (Å²) in [7, 11) is 0. The molecule has 0 aliphatic carbocycles. The van der Waals surface area contributed by atoms with Crippen molar-refractivity contribution in [2.45, 2.75) is 13.7 Å². The Hall–Kier alpha value is -1.24. The van der Waals surface area contributed by atoms with Crippen LogP contribution in [0.1, 0.15) is 6.92 Å². The molecule has 0 spiro atoms. The van der Waals surface area contributed by atoms with Crippen molar-refractivity contribution in [3.05, 3.63) is 4.77 Å². The summed E-state index contributed by atoms with van der Waals surface area (Å²) in [5, 5.41) is 9.30. The first-order chi connectivity index (χ1) is 5.20. The fraction of sp³-hybridized carbons (Fsp3) is 0.500. The summed E-state index contributed by atoms with van der Waals surface area (Å²) < 4.78 is 6.20. The number of tetrazole rings is 1. The van der Waals surface area contributed by atoms with Crippen LogP contribution in [0.15, 0.2) is 0 Å². The standard InChI is InChI=1S/C4H6N4O2S/c1-3(9)10-2-8-4(11)5-6-7-8/h2H2,1H3,(H,5,7,11). The van der Waals surface area contributed by atoms with Crippen LogP contribution in [-0.4, -0.2) is 26.2 Å². The van der Waals surface area contributed by atoms with Gasteiger partial charge < -0.3 is 4.74 Å². The average molecular weight is 174 g/mol. The molecular weight excluding hydrogens is 168 g/mol. The van der Waals surface area contributed by atoms with E-state index in [1.54, 1.807) is 0 Å². The number of H-pyrrole nitrogens is 1. The molecule has 1 rings (SSSR count). The highest BCUT2D eigenvalue weighted by Gasteiger charge is 1.96. The largest absolute Gasteiger partial charge is 0.442 e. The zero-order valence-electron chi connectivity index (χ0n) is 5.77. The van der Waals surface area contributed by atoms with Crippen LogP contribution in [-0.2, 0) is 16.3 Å². The van der Waals surface area contributed by atoms with Crippen molar-refractivity contribution in [3.63, 3.8) is 0 Å². The Morgan fingerprint density at radius 1 is 1.91 bits per heavy atom. The maximum atomic E-state index is 10.3. The lowest BCUT2D eigenvalue weighted by Gasteiger charge is -1.99. The number of aromatic amines is 1. The molecule has 0 atom stereocenters. The van der Waals surface area contributed by atoms with Gasteiger partial charge in [-0.05, 0) is 12.2 Å². The SMILES string of the molecule is CC(=O)OCn1[nH]nnc1=S. The third kappa shape index (κ3) is 2.11. The number of carbonyl (C=O) groups is 1. The summed E-state index contributed by atoms with van der Waals surface area (Å²) in [6.45, 7) is 1.34. The molecular formula is C4H6N4O2S. The average Bonchev–Trinajstić information content (AvgIpc) is 2.31. The molecule has 0 saturated heterocycles. The van der Waals surface area contributed by atoms with Crippen molar-refractivity contribution in [2.75, 3.05) is 0 Å². The third-order valence-corrected chi connectivity index (χ3v) is 1.23. The van der Waals surface area contributed by atoms with E-state index in [0.29, 0.717) is 0 Å². The number of nitrogens with zero attached hydrogens (tertiary/aromatic N) is 3. The van der Waals surface area contributed by atoms with Crippen molar-refractivity contribution >= 4 is 18.2 Å². The zero-order chi connectivity index (χ0) is 8.27. The monoisotopic (exact) mass is 174 g/mol. The van der Waals surface area contributed by atoms with E-state index >= 15 is 0 Å². The first-order valence-corrected chi connectivity index (χ1v) is 3.22. The molecule has 0 aliphatic rings. The van der Waals surface area contributed by atoms with Crippen LogP contribution in [0.2, 0.25) is 0 Å². The second-order valence-corrected chi connectivity index (χ2v) is 2.14. The van der Waals surface area contributed by atoms with E-state index in [1.165, 1.54) is 11.6 Å². The minimum absolute atomic E-state index is 0.0289. The zero-order valence-corrected chi connectivity index (χ0v) is 6.59. The predicted octanol–water partition coefficient (Wildman–Crippen LogP) is -0.144. The van der Waals surface area contributed by atoms with Gasteiger partial charge in [0.1, 0.15) is 0 Å². The number of esters is 1. The maximum Gasteiger partial charge on any atom is 0.304 e. The van der Waals surface area contributed by atoms with Gasteiger partial charge in [-0.25, -0.2) is 4.68 Å². The summed E-state index contributed by atoms with van der Waals surface area (Å²) in [6, 6.07) is 0. The second kappa shape index (κ2) is 3.24. The fourth-order valence-electron chi connectivity index (χ4n) is 0.455. The molecule has 6 nitrogen and oxygen atoms in total. The summed E-state index contributed by atoms with van der Waals surface area (Å²) in [5.41, 5.74) is 0. The molecule has 7 heteroatoms. The number of aromatic nitrogens is 4. The van der Waals surface area contributed by atoms with Crippen molar-refractivity contribution in [1.82, 2.24) is 20.2 Å². The lowest BCUT2D eigenvalue weighted by atomic mass is 10.8. The molecule has 11 heavy (non-hydrogen) atoms. The number of rotatable bonds is 2. The molecule has 0 saturated carbocycles. The number of nitrogens with one attached hydrogen (secondary N) is 1. The molecule has 1 heterocycles. The molecule has 0 fully saturated rings. The summed E-state index contributed by atoms with van der Waals surface area (Å²) in [6.07, 6.45) is 0. The van der Waals surface area contributed by atoms with Crippen LogP contribution in [0.4, 0.5) is 0 Å². The molecule has 1 aromatic heterocycles. The Kier molecular flexibility index (Phi) is 2.32. The first kappa shape index (κ1) is 7.86. The summed E-state index contributed by atoms with van der Waals surface area (Å²) in [4.78, 5) is 10.3. The van der Waals surface area contributed by atoms with Gasteiger partial charge in [-0.2, -0.15) is 5.21 Å². The Morgan fingerprint density at radius 3 is 3.09 bits per heavy atom. The Labute approximate surface area is 67.1 Å². The third-order valence-electron chi connectivity index (χ3n) is 0.929. The van der Waals surface area contributed by atoms with E-state index in [9.17, 15) is 4.79 Å². The quantitative estimate of drug-likeness (QED) is 0.499. The van der Waals surface area contributed by atoms with Crippen molar-refractivity contribution < 1.29 is 9.53 Å². The van der Waals surface area contributed by atoms with Crippen LogP contribution in [0.5, 0.6) is 0 Å². The van der Waals surface area contributed by atoms with Crippen LogP contribution in [0.25, 0.3) is 0 Å². The highest BCUT2D eigenvalue weighted by Crippen LogP contribution is 1.85. The molecule has 0 aliphatic heterocycles. The molecule has 0 bridgehead atoms. The van der Waals surface area contributed by atoms with E-state index in [-0.39, 0.29) is 17.5 Å². The number of hydrogen-bond donors (Lipinski definition) is 1. The highest BCUT2D eigenvalue weighted by atomic mass is 32.1. The minimum atomic E-state index is -0.374. The van der Waals surface area contributed by atoms with Crippen LogP contribution < -0.4 is 0 Å². The lowest BCUT2D eigenvalue weighted by molar-refractivity contribution is -0.145. The van der Waals surface area contributed by atoms with Crippen molar-refractivity contribution in [3.8, 4) is 0 Å². The van der Waals surface area contributed by atoms with Crippen molar-refractivity contribution in [2.24, 2.45) is 0 Å². The van der Waals surface area contributed by atoms with E-state index in [4.69, 9.17) is 12.2 Å². The van der Waals surface area contributed by atoms with Gasteiger partial charge in [-0.3, -0.25) is 4.79 Å². The minimum Gasteiger partial charge on any atom is -0.442 e. The predicted molar refractivity (Wildman–Crippen MR) is 37.0 cm³/mol. The van der Waals surface area contributed by atoms with Crippen LogP contribution >= 0.6 is 12.2 Å². The van der Waals surface area contributed by atoms with Gasteiger partial charge in [0, 0.05) is 6.92 Å². The highest BCUT2D eigenvalue weighted by molar-refractivity contribution is 7.71. The number of carbonyl (C=O) groups excluding carboxylic acids is 1. The van der Waals surface area contributed by atoms with Gasteiger partial charge in [-0.1, -0.05) is 10.3 Å². The fourth-order valence-corrected chi connectivity index (χ4v) is 0.590. The molecule has 60 valence electrons. The topological polar surface area (TPSA) is 72.8 Å². The van der Waals surface area contributed by atoms with Crippen LogP contribution in [0.3, 0.4) is 0 Å². The molecule has 0 amide bonds. The smallest absolute Gasteiger partial charge is 0.304 e. The molecule has 0 radical (unpaired) electrons. The number of ether oxygens (including phenoxy) is 1. The summed E-state index contributed by atoms with van der Waals surface area (Å²) >= 11 is 4.70.